The molecule has 1 amide bonds. The summed E-state index contributed by atoms with van der Waals surface area (Å²) in [6.07, 6.45) is 1.50. The van der Waals surface area contributed by atoms with Gasteiger partial charge in [-0.25, -0.2) is 9.97 Å². The maximum Gasteiger partial charge on any atom is 0.255 e. The van der Waals surface area contributed by atoms with Gasteiger partial charge in [0.2, 0.25) is 0 Å². The molecular weight excluding hydrogens is 366 g/mol. The number of methoxy groups -OCH3 is 1. The first kappa shape index (κ1) is 18.2. The first-order chi connectivity index (χ1) is 14.2. The van der Waals surface area contributed by atoms with Gasteiger partial charge in [-0.15, -0.1) is 0 Å². The Kier molecular flexibility index (Phi) is 4.94. The molecule has 7 heteroatoms. The minimum atomic E-state index is -0.233. The van der Waals surface area contributed by atoms with Crippen LogP contribution in [0.1, 0.15) is 10.4 Å². The standard InChI is InChI=1S/C22H19N5O2/c1-29-19-8-4-7-18-20(19)21(25-13-24-18)26-15-11-9-14(10-12-15)22(28)27-17-6-3-2-5-16(17)23/h2-13H,23H2,1H3,(H,27,28)(H,24,25,26). The Labute approximate surface area is 167 Å². The molecule has 1 aromatic heterocycles. The van der Waals surface area contributed by atoms with Crippen molar-refractivity contribution < 1.29 is 9.53 Å². The Hall–Kier alpha value is -4.13. The summed E-state index contributed by atoms with van der Waals surface area (Å²) in [5.41, 5.74) is 9.06. The fraction of sp³-hybridized carbons (Fsp3) is 0.0455. The summed E-state index contributed by atoms with van der Waals surface area (Å²) in [7, 11) is 1.61. The van der Waals surface area contributed by atoms with Crippen molar-refractivity contribution in [3.8, 4) is 5.75 Å². The molecular formula is C22H19N5O2. The Morgan fingerprint density at radius 3 is 2.52 bits per heavy atom. The van der Waals surface area contributed by atoms with Gasteiger partial charge in [-0.3, -0.25) is 4.79 Å². The van der Waals surface area contributed by atoms with E-state index in [0.29, 0.717) is 28.5 Å². The SMILES string of the molecule is COc1cccc2ncnc(Nc3ccc(C(=O)Nc4ccccc4N)cc3)c12. The van der Waals surface area contributed by atoms with Gasteiger partial charge in [-0.05, 0) is 48.5 Å². The summed E-state index contributed by atoms with van der Waals surface area (Å²) in [6, 6.07) is 19.9. The summed E-state index contributed by atoms with van der Waals surface area (Å²) < 4.78 is 5.44. The maximum absolute atomic E-state index is 12.5. The van der Waals surface area contributed by atoms with Crippen LogP contribution in [0.2, 0.25) is 0 Å². The van der Waals surface area contributed by atoms with Crippen LogP contribution in [0.25, 0.3) is 10.9 Å². The van der Waals surface area contributed by atoms with Crippen molar-refractivity contribution in [1.29, 1.82) is 0 Å². The lowest BCUT2D eigenvalue weighted by Gasteiger charge is -2.12. The molecule has 0 saturated heterocycles. The second-order valence-corrected chi connectivity index (χ2v) is 6.32. The predicted molar refractivity (Wildman–Crippen MR) is 115 cm³/mol. The summed E-state index contributed by atoms with van der Waals surface area (Å²) in [5.74, 6) is 1.08. The number of amides is 1. The van der Waals surface area contributed by atoms with E-state index in [4.69, 9.17) is 10.5 Å². The van der Waals surface area contributed by atoms with E-state index in [9.17, 15) is 4.79 Å². The first-order valence-electron chi connectivity index (χ1n) is 8.96. The smallest absolute Gasteiger partial charge is 0.255 e. The molecule has 0 fully saturated rings. The zero-order valence-electron chi connectivity index (χ0n) is 15.7. The molecule has 29 heavy (non-hydrogen) atoms. The summed E-state index contributed by atoms with van der Waals surface area (Å²) in [4.78, 5) is 21.1. The molecule has 7 nitrogen and oxygen atoms in total. The van der Waals surface area contributed by atoms with Crippen LogP contribution in [0.3, 0.4) is 0 Å². The molecule has 0 spiro atoms. The highest BCUT2D eigenvalue weighted by Gasteiger charge is 2.11. The van der Waals surface area contributed by atoms with E-state index >= 15 is 0 Å². The third-order valence-corrected chi connectivity index (χ3v) is 4.46. The van der Waals surface area contributed by atoms with Crippen LogP contribution in [0.4, 0.5) is 22.9 Å². The van der Waals surface area contributed by atoms with E-state index in [1.165, 1.54) is 6.33 Å². The molecule has 0 aliphatic heterocycles. The van der Waals surface area contributed by atoms with Crippen LogP contribution in [-0.4, -0.2) is 23.0 Å². The number of aromatic nitrogens is 2. The Morgan fingerprint density at radius 1 is 0.966 bits per heavy atom. The van der Waals surface area contributed by atoms with Crippen molar-refractivity contribution in [1.82, 2.24) is 9.97 Å². The van der Waals surface area contributed by atoms with Crippen LogP contribution in [0.15, 0.2) is 73.1 Å². The quantitative estimate of drug-likeness (QED) is 0.445. The zero-order chi connectivity index (χ0) is 20.2. The van der Waals surface area contributed by atoms with Gasteiger partial charge in [-0.2, -0.15) is 0 Å². The monoisotopic (exact) mass is 385 g/mol. The maximum atomic E-state index is 12.5. The minimum absolute atomic E-state index is 0.233. The highest BCUT2D eigenvalue weighted by molar-refractivity contribution is 6.06. The number of ether oxygens (including phenoxy) is 1. The highest BCUT2D eigenvalue weighted by atomic mass is 16.5. The van der Waals surface area contributed by atoms with Crippen LogP contribution < -0.4 is 21.1 Å². The fourth-order valence-corrected chi connectivity index (χ4v) is 2.99. The van der Waals surface area contributed by atoms with Crippen molar-refractivity contribution >= 4 is 39.7 Å². The number of fused-ring (bicyclic) bond motifs is 1. The average Bonchev–Trinajstić information content (AvgIpc) is 2.75. The Morgan fingerprint density at radius 2 is 1.76 bits per heavy atom. The van der Waals surface area contributed by atoms with E-state index in [2.05, 4.69) is 20.6 Å². The molecule has 144 valence electrons. The molecule has 4 rings (SSSR count). The van der Waals surface area contributed by atoms with E-state index in [1.807, 2.05) is 42.5 Å². The third-order valence-electron chi connectivity index (χ3n) is 4.46. The second kappa shape index (κ2) is 7.85. The molecule has 4 aromatic rings. The largest absolute Gasteiger partial charge is 0.496 e. The molecule has 0 aliphatic rings. The number of nitrogens with one attached hydrogen (secondary N) is 2. The molecule has 1 heterocycles. The minimum Gasteiger partial charge on any atom is -0.496 e. The van der Waals surface area contributed by atoms with Crippen LogP contribution >= 0.6 is 0 Å². The Balaban J connectivity index is 1.56. The van der Waals surface area contributed by atoms with Gasteiger partial charge in [0.25, 0.3) is 5.91 Å². The molecule has 0 aliphatic carbocycles. The number of benzene rings is 3. The number of carbonyl (C=O) groups is 1. The van der Waals surface area contributed by atoms with Crippen molar-refractivity contribution in [2.75, 3.05) is 23.5 Å². The highest BCUT2D eigenvalue weighted by Crippen LogP contribution is 2.31. The molecule has 0 saturated carbocycles. The number of hydrogen-bond acceptors (Lipinski definition) is 6. The fourth-order valence-electron chi connectivity index (χ4n) is 2.99. The van der Waals surface area contributed by atoms with Gasteiger partial charge in [-0.1, -0.05) is 18.2 Å². The molecule has 0 unspecified atom stereocenters. The molecule has 0 radical (unpaired) electrons. The number of hydrogen-bond donors (Lipinski definition) is 3. The van der Waals surface area contributed by atoms with E-state index < -0.39 is 0 Å². The number of anilines is 4. The third kappa shape index (κ3) is 3.79. The summed E-state index contributed by atoms with van der Waals surface area (Å²) >= 11 is 0. The van der Waals surface area contributed by atoms with Crippen LogP contribution in [0, 0.1) is 0 Å². The molecule has 0 bridgehead atoms. The van der Waals surface area contributed by atoms with Gasteiger partial charge >= 0.3 is 0 Å². The van der Waals surface area contributed by atoms with E-state index in [0.717, 1.165) is 16.6 Å². The van der Waals surface area contributed by atoms with Gasteiger partial charge in [0.15, 0.2) is 0 Å². The van der Waals surface area contributed by atoms with Gasteiger partial charge in [0, 0.05) is 11.3 Å². The van der Waals surface area contributed by atoms with Crippen molar-refractivity contribution in [2.24, 2.45) is 0 Å². The lowest BCUT2D eigenvalue weighted by molar-refractivity contribution is 0.102. The average molecular weight is 385 g/mol. The van der Waals surface area contributed by atoms with Crippen molar-refractivity contribution in [3.63, 3.8) is 0 Å². The molecule has 4 N–H and O–H groups in total. The second-order valence-electron chi connectivity index (χ2n) is 6.32. The normalized spacial score (nSPS) is 10.5. The number of para-hydroxylation sites is 2. The van der Waals surface area contributed by atoms with Gasteiger partial charge in [0.1, 0.15) is 17.9 Å². The number of carbonyl (C=O) groups excluding carboxylic acids is 1. The molecule has 0 atom stereocenters. The first-order valence-corrected chi connectivity index (χ1v) is 8.96. The summed E-state index contributed by atoms with van der Waals surface area (Å²) in [6.45, 7) is 0. The predicted octanol–water partition coefficient (Wildman–Crippen LogP) is 4.22. The van der Waals surface area contributed by atoms with E-state index in [-0.39, 0.29) is 5.91 Å². The summed E-state index contributed by atoms with van der Waals surface area (Å²) in [5, 5.41) is 6.87. The lowest BCUT2D eigenvalue weighted by atomic mass is 10.1. The molecule has 3 aromatic carbocycles. The van der Waals surface area contributed by atoms with Crippen LogP contribution in [-0.2, 0) is 0 Å². The van der Waals surface area contributed by atoms with Gasteiger partial charge < -0.3 is 21.1 Å². The number of nitrogen functional groups attached to an aromatic ring is 1. The topological polar surface area (TPSA) is 102 Å². The lowest BCUT2D eigenvalue weighted by Crippen LogP contribution is -2.13. The van der Waals surface area contributed by atoms with Crippen molar-refractivity contribution in [2.45, 2.75) is 0 Å². The van der Waals surface area contributed by atoms with Gasteiger partial charge in [0.05, 0.1) is 29.4 Å². The Bertz CT molecular complexity index is 1170. The number of nitrogens with two attached hydrogens (primary N) is 1. The zero-order valence-corrected chi connectivity index (χ0v) is 15.7. The number of rotatable bonds is 5. The van der Waals surface area contributed by atoms with Crippen molar-refractivity contribution in [3.05, 3.63) is 78.6 Å². The van der Waals surface area contributed by atoms with E-state index in [1.54, 1.807) is 31.4 Å². The van der Waals surface area contributed by atoms with Crippen LogP contribution in [0.5, 0.6) is 5.75 Å². The number of nitrogens with zero attached hydrogens (tertiary/aromatic N) is 2.